The van der Waals surface area contributed by atoms with Crippen LogP contribution in [0.25, 0.3) is 0 Å². The van der Waals surface area contributed by atoms with E-state index in [2.05, 4.69) is 48.7 Å². The second-order valence-corrected chi connectivity index (χ2v) is 6.04. The van der Waals surface area contributed by atoms with Gasteiger partial charge < -0.3 is 15.4 Å². The number of hydrogen-bond acceptors (Lipinski definition) is 3. The third-order valence-corrected chi connectivity index (χ3v) is 3.91. The van der Waals surface area contributed by atoms with Crippen LogP contribution < -0.4 is 10.6 Å². The number of nitrogens with one attached hydrogen (secondary N) is 2. The number of carbonyl (C=O) groups excluding carboxylic acids is 1. The van der Waals surface area contributed by atoms with Gasteiger partial charge in [0.15, 0.2) is 0 Å². The van der Waals surface area contributed by atoms with Crippen LogP contribution in [-0.2, 0) is 9.53 Å². The van der Waals surface area contributed by atoms with E-state index < -0.39 is 0 Å². The molecule has 0 aliphatic carbocycles. The zero-order valence-corrected chi connectivity index (χ0v) is 14.4. The van der Waals surface area contributed by atoms with Crippen LogP contribution >= 0.6 is 12.4 Å². The van der Waals surface area contributed by atoms with Crippen molar-refractivity contribution < 1.29 is 9.53 Å². The number of morpholine rings is 1. The van der Waals surface area contributed by atoms with Crippen LogP contribution in [0.4, 0.5) is 0 Å². The molecule has 0 aromatic heterocycles. The third-order valence-electron chi connectivity index (χ3n) is 3.91. The van der Waals surface area contributed by atoms with E-state index in [4.69, 9.17) is 4.74 Å². The molecule has 0 radical (unpaired) electrons. The number of halogens is 1. The average molecular weight is 327 g/mol. The Labute approximate surface area is 139 Å². The van der Waals surface area contributed by atoms with E-state index in [-0.39, 0.29) is 30.4 Å². The molecule has 5 heteroatoms. The molecule has 2 N–H and O–H groups in total. The summed E-state index contributed by atoms with van der Waals surface area (Å²) in [6.45, 7) is 8.55. The van der Waals surface area contributed by atoms with Crippen molar-refractivity contribution in [3.05, 3.63) is 35.4 Å². The molecule has 1 amide bonds. The maximum atomic E-state index is 12.1. The molecule has 2 unspecified atom stereocenters. The highest BCUT2D eigenvalue weighted by Crippen LogP contribution is 2.18. The summed E-state index contributed by atoms with van der Waals surface area (Å²) in [4.78, 5) is 12.1. The minimum absolute atomic E-state index is 0. The summed E-state index contributed by atoms with van der Waals surface area (Å²) in [6, 6.07) is 8.64. The topological polar surface area (TPSA) is 50.4 Å². The minimum Gasteiger partial charge on any atom is -0.378 e. The molecule has 4 nitrogen and oxygen atoms in total. The molecule has 0 bridgehead atoms. The maximum absolute atomic E-state index is 12.1. The van der Waals surface area contributed by atoms with Crippen LogP contribution in [0.3, 0.4) is 0 Å². The van der Waals surface area contributed by atoms with E-state index in [0.717, 1.165) is 18.7 Å². The van der Waals surface area contributed by atoms with Crippen LogP contribution in [0.1, 0.15) is 50.3 Å². The second kappa shape index (κ2) is 9.13. The largest absolute Gasteiger partial charge is 0.378 e. The summed E-state index contributed by atoms with van der Waals surface area (Å²) in [5.41, 5.74) is 2.46. The minimum atomic E-state index is 0. The van der Waals surface area contributed by atoms with Gasteiger partial charge in [0.25, 0.3) is 0 Å². The van der Waals surface area contributed by atoms with Crippen molar-refractivity contribution in [1.82, 2.24) is 10.6 Å². The van der Waals surface area contributed by atoms with Gasteiger partial charge in [-0.05, 0) is 24.0 Å². The number of amides is 1. The summed E-state index contributed by atoms with van der Waals surface area (Å²) in [5.74, 6) is 0.597. The van der Waals surface area contributed by atoms with Crippen molar-refractivity contribution in [2.45, 2.75) is 45.2 Å². The number of carbonyl (C=O) groups is 1. The molecule has 1 aliphatic heterocycles. The van der Waals surface area contributed by atoms with Crippen molar-refractivity contribution >= 4 is 18.3 Å². The average Bonchev–Trinajstić information content (AvgIpc) is 2.48. The normalized spacial score (nSPS) is 19.4. The molecule has 124 valence electrons. The molecule has 2 atom stereocenters. The fraction of sp³-hybridized carbons (Fsp3) is 0.588. The van der Waals surface area contributed by atoms with Gasteiger partial charge in [0, 0.05) is 19.0 Å². The van der Waals surface area contributed by atoms with E-state index in [9.17, 15) is 4.79 Å². The molecule has 0 spiro atoms. The van der Waals surface area contributed by atoms with Crippen molar-refractivity contribution in [3.63, 3.8) is 0 Å². The number of rotatable bonds is 5. The monoisotopic (exact) mass is 326 g/mol. The van der Waals surface area contributed by atoms with Gasteiger partial charge in [-0.25, -0.2) is 0 Å². The van der Waals surface area contributed by atoms with Crippen LogP contribution in [0.5, 0.6) is 0 Å². The predicted molar refractivity (Wildman–Crippen MR) is 91.6 cm³/mol. The first-order valence-corrected chi connectivity index (χ1v) is 7.76. The lowest BCUT2D eigenvalue weighted by molar-refractivity contribution is -0.122. The van der Waals surface area contributed by atoms with Crippen LogP contribution in [0.15, 0.2) is 24.3 Å². The molecular weight excluding hydrogens is 300 g/mol. The lowest BCUT2D eigenvalue weighted by atomic mass is 9.99. The highest BCUT2D eigenvalue weighted by atomic mass is 35.5. The molecule has 0 saturated carbocycles. The molecule has 2 rings (SSSR count). The van der Waals surface area contributed by atoms with Gasteiger partial charge in [-0.3, -0.25) is 4.79 Å². The molecule has 1 heterocycles. The lowest BCUT2D eigenvalue weighted by Crippen LogP contribution is -2.44. The first-order valence-electron chi connectivity index (χ1n) is 7.76. The fourth-order valence-electron chi connectivity index (χ4n) is 2.53. The summed E-state index contributed by atoms with van der Waals surface area (Å²) < 4.78 is 5.37. The van der Waals surface area contributed by atoms with Gasteiger partial charge in [-0.15, -0.1) is 12.4 Å². The third kappa shape index (κ3) is 5.59. The molecule has 1 aromatic carbocycles. The quantitative estimate of drug-likeness (QED) is 0.874. The van der Waals surface area contributed by atoms with Crippen molar-refractivity contribution in [2.24, 2.45) is 0 Å². The molecule has 1 aliphatic rings. The Kier molecular flexibility index (Phi) is 7.87. The highest BCUT2D eigenvalue weighted by Gasteiger charge is 2.18. The first kappa shape index (κ1) is 18.9. The Morgan fingerprint density at radius 3 is 2.45 bits per heavy atom. The van der Waals surface area contributed by atoms with E-state index in [1.807, 2.05) is 6.92 Å². The second-order valence-electron chi connectivity index (χ2n) is 6.04. The van der Waals surface area contributed by atoms with E-state index >= 15 is 0 Å². The fourth-order valence-corrected chi connectivity index (χ4v) is 2.53. The molecule has 1 aromatic rings. The zero-order chi connectivity index (χ0) is 15.2. The SMILES string of the molecule is CC(C)c1ccc(C(C)NC(=O)CC2COCCN2)cc1.Cl. The standard InChI is InChI=1S/C17H26N2O2.ClH/c1-12(2)14-4-6-15(7-5-14)13(3)19-17(20)10-16-11-21-9-8-18-16;/h4-7,12-13,16,18H,8-11H2,1-3H3,(H,19,20);1H. The summed E-state index contributed by atoms with van der Waals surface area (Å²) in [7, 11) is 0. The first-order chi connectivity index (χ1) is 10.1. The Bertz CT molecular complexity index is 456. The predicted octanol–water partition coefficient (Wildman–Crippen LogP) is 2.79. The Hall–Kier alpha value is -1.10. The van der Waals surface area contributed by atoms with Gasteiger partial charge in [0.2, 0.25) is 5.91 Å². The lowest BCUT2D eigenvalue weighted by Gasteiger charge is -2.24. The summed E-state index contributed by atoms with van der Waals surface area (Å²) in [6.07, 6.45) is 0.467. The van der Waals surface area contributed by atoms with E-state index in [0.29, 0.717) is 18.9 Å². The molecule has 1 fully saturated rings. The molecule has 22 heavy (non-hydrogen) atoms. The van der Waals surface area contributed by atoms with Crippen molar-refractivity contribution in [1.29, 1.82) is 0 Å². The number of ether oxygens (including phenoxy) is 1. The Balaban J connectivity index is 0.00000242. The molecule has 1 saturated heterocycles. The highest BCUT2D eigenvalue weighted by molar-refractivity contribution is 5.85. The van der Waals surface area contributed by atoms with E-state index in [1.54, 1.807) is 0 Å². The van der Waals surface area contributed by atoms with Crippen LogP contribution in [-0.4, -0.2) is 31.7 Å². The van der Waals surface area contributed by atoms with Crippen LogP contribution in [0.2, 0.25) is 0 Å². The Morgan fingerprint density at radius 1 is 1.27 bits per heavy atom. The van der Waals surface area contributed by atoms with Gasteiger partial charge in [-0.2, -0.15) is 0 Å². The van der Waals surface area contributed by atoms with Crippen LogP contribution in [0, 0.1) is 0 Å². The van der Waals surface area contributed by atoms with Gasteiger partial charge in [0.1, 0.15) is 0 Å². The van der Waals surface area contributed by atoms with Crippen molar-refractivity contribution in [3.8, 4) is 0 Å². The van der Waals surface area contributed by atoms with Crippen molar-refractivity contribution in [2.75, 3.05) is 19.8 Å². The zero-order valence-electron chi connectivity index (χ0n) is 13.6. The number of hydrogen-bond donors (Lipinski definition) is 2. The maximum Gasteiger partial charge on any atom is 0.222 e. The Morgan fingerprint density at radius 2 is 1.91 bits per heavy atom. The summed E-state index contributed by atoms with van der Waals surface area (Å²) >= 11 is 0. The number of benzene rings is 1. The smallest absolute Gasteiger partial charge is 0.222 e. The van der Waals surface area contributed by atoms with Gasteiger partial charge in [-0.1, -0.05) is 38.1 Å². The van der Waals surface area contributed by atoms with Gasteiger partial charge in [0.05, 0.1) is 19.3 Å². The molecular formula is C17H27ClN2O2. The van der Waals surface area contributed by atoms with Gasteiger partial charge >= 0.3 is 0 Å². The summed E-state index contributed by atoms with van der Waals surface area (Å²) in [5, 5.41) is 6.35. The van der Waals surface area contributed by atoms with E-state index in [1.165, 1.54) is 5.56 Å².